The first-order chi connectivity index (χ1) is 8.44. The van der Waals surface area contributed by atoms with Crippen molar-refractivity contribution in [3.8, 4) is 0 Å². The number of nitrogens with zero attached hydrogens (tertiary/aromatic N) is 2. The van der Waals surface area contributed by atoms with Gasteiger partial charge in [0.15, 0.2) is 0 Å². The molecular weight excluding hydrogens is 265 g/mol. The van der Waals surface area contributed by atoms with Crippen molar-refractivity contribution in [2.75, 3.05) is 37.6 Å². The summed E-state index contributed by atoms with van der Waals surface area (Å²) < 4.78 is 12.9. The highest BCUT2D eigenvalue weighted by atomic mass is 35.5. The van der Waals surface area contributed by atoms with E-state index in [0.717, 1.165) is 38.4 Å². The van der Waals surface area contributed by atoms with Gasteiger partial charge in [0.25, 0.3) is 0 Å². The Balaban J connectivity index is 0.00000180. The fraction of sp³-hybridized carbons (Fsp3) is 0.571. The third-order valence-corrected chi connectivity index (χ3v) is 3.20. The largest absolute Gasteiger partial charge is 0.369 e. The molecule has 1 aromatic rings. The van der Waals surface area contributed by atoms with E-state index in [9.17, 15) is 4.39 Å². The summed E-state index contributed by atoms with van der Waals surface area (Å²) in [7, 11) is 0. The Morgan fingerprint density at radius 1 is 1.11 bits per heavy atom. The zero-order valence-electron chi connectivity index (χ0n) is 11.6. The molecular formula is C14H23ClFN3. The number of halogens is 2. The molecule has 108 valence electrons. The summed E-state index contributed by atoms with van der Waals surface area (Å²) in [5.74, 6) is -0.178. The van der Waals surface area contributed by atoms with Crippen LogP contribution in [0.2, 0.25) is 0 Å². The molecule has 2 rings (SSSR count). The van der Waals surface area contributed by atoms with E-state index in [1.54, 1.807) is 0 Å². The first-order valence-corrected chi connectivity index (χ1v) is 6.46. The molecule has 3 nitrogen and oxygen atoms in total. The Morgan fingerprint density at radius 3 is 2.11 bits per heavy atom. The van der Waals surface area contributed by atoms with Gasteiger partial charge < -0.3 is 10.6 Å². The van der Waals surface area contributed by atoms with E-state index in [2.05, 4.69) is 23.6 Å². The van der Waals surface area contributed by atoms with E-state index in [0.29, 0.717) is 0 Å². The van der Waals surface area contributed by atoms with E-state index in [-0.39, 0.29) is 23.8 Å². The van der Waals surface area contributed by atoms with Crippen LogP contribution in [0.25, 0.3) is 0 Å². The van der Waals surface area contributed by atoms with Gasteiger partial charge in [0.1, 0.15) is 5.82 Å². The number of anilines is 1. The van der Waals surface area contributed by atoms with Crippen molar-refractivity contribution in [2.45, 2.75) is 19.4 Å². The summed E-state index contributed by atoms with van der Waals surface area (Å²) in [5.41, 5.74) is 6.99. The van der Waals surface area contributed by atoms with Crippen molar-refractivity contribution < 1.29 is 4.39 Å². The normalized spacial score (nSPS) is 17.2. The van der Waals surface area contributed by atoms with Gasteiger partial charge in [-0.1, -0.05) is 0 Å². The van der Waals surface area contributed by atoms with E-state index in [1.807, 2.05) is 12.1 Å². The van der Waals surface area contributed by atoms with Gasteiger partial charge in [0.2, 0.25) is 0 Å². The first-order valence-electron chi connectivity index (χ1n) is 6.46. The molecule has 0 bridgehead atoms. The summed E-state index contributed by atoms with van der Waals surface area (Å²) >= 11 is 0. The number of piperazine rings is 1. The molecule has 1 aliphatic heterocycles. The second-order valence-corrected chi connectivity index (χ2v) is 5.73. The molecule has 5 heteroatoms. The molecule has 2 N–H and O–H groups in total. The van der Waals surface area contributed by atoms with Crippen LogP contribution in [0.5, 0.6) is 0 Å². The highest BCUT2D eigenvalue weighted by Gasteiger charge is 2.21. The van der Waals surface area contributed by atoms with Crippen molar-refractivity contribution in [2.24, 2.45) is 5.73 Å². The third-order valence-electron chi connectivity index (χ3n) is 3.20. The molecule has 1 heterocycles. The van der Waals surface area contributed by atoms with Crippen LogP contribution in [0.4, 0.5) is 10.1 Å². The molecule has 0 aromatic heterocycles. The lowest BCUT2D eigenvalue weighted by Crippen LogP contribution is -2.53. The topological polar surface area (TPSA) is 32.5 Å². The van der Waals surface area contributed by atoms with Crippen LogP contribution in [0, 0.1) is 5.82 Å². The van der Waals surface area contributed by atoms with Gasteiger partial charge in [-0.15, -0.1) is 12.4 Å². The van der Waals surface area contributed by atoms with Crippen LogP contribution in [-0.2, 0) is 0 Å². The van der Waals surface area contributed by atoms with Crippen LogP contribution in [0.15, 0.2) is 24.3 Å². The SMILES string of the molecule is CC(C)(N)CN1CCN(c2ccc(F)cc2)CC1.Cl. The Labute approximate surface area is 121 Å². The van der Waals surface area contributed by atoms with Gasteiger partial charge in [-0.05, 0) is 38.1 Å². The highest BCUT2D eigenvalue weighted by Crippen LogP contribution is 2.17. The first kappa shape index (κ1) is 16.2. The Morgan fingerprint density at radius 2 is 1.63 bits per heavy atom. The van der Waals surface area contributed by atoms with Crippen molar-refractivity contribution in [1.82, 2.24) is 4.90 Å². The number of benzene rings is 1. The molecule has 0 radical (unpaired) electrons. The quantitative estimate of drug-likeness (QED) is 0.924. The highest BCUT2D eigenvalue weighted by molar-refractivity contribution is 5.85. The van der Waals surface area contributed by atoms with Crippen molar-refractivity contribution in [3.63, 3.8) is 0 Å². The van der Waals surface area contributed by atoms with Crippen LogP contribution in [0.3, 0.4) is 0 Å². The monoisotopic (exact) mass is 287 g/mol. The summed E-state index contributed by atoms with van der Waals surface area (Å²) in [6.07, 6.45) is 0. The van der Waals surface area contributed by atoms with Gasteiger partial charge in [-0.3, -0.25) is 4.90 Å². The maximum absolute atomic E-state index is 12.9. The van der Waals surface area contributed by atoms with Crippen LogP contribution < -0.4 is 10.6 Å². The van der Waals surface area contributed by atoms with Crippen LogP contribution in [0.1, 0.15) is 13.8 Å². The van der Waals surface area contributed by atoms with Crippen LogP contribution >= 0.6 is 12.4 Å². The number of rotatable bonds is 3. The molecule has 1 saturated heterocycles. The minimum Gasteiger partial charge on any atom is -0.369 e. The summed E-state index contributed by atoms with van der Waals surface area (Å²) in [5, 5.41) is 0. The van der Waals surface area contributed by atoms with Crippen molar-refractivity contribution in [1.29, 1.82) is 0 Å². The molecule has 0 aliphatic carbocycles. The summed E-state index contributed by atoms with van der Waals surface area (Å²) in [6, 6.07) is 6.73. The predicted octanol–water partition coefficient (Wildman–Crippen LogP) is 2.11. The maximum Gasteiger partial charge on any atom is 0.123 e. The second-order valence-electron chi connectivity index (χ2n) is 5.73. The Kier molecular flexibility index (Phi) is 5.59. The lowest BCUT2D eigenvalue weighted by atomic mass is 10.1. The minimum absolute atomic E-state index is 0. The Bertz CT molecular complexity index is 381. The average Bonchev–Trinajstić information content (AvgIpc) is 2.29. The lowest BCUT2D eigenvalue weighted by molar-refractivity contribution is 0.214. The predicted molar refractivity (Wildman–Crippen MR) is 80.6 cm³/mol. The van der Waals surface area contributed by atoms with Crippen LogP contribution in [-0.4, -0.2) is 43.2 Å². The zero-order valence-corrected chi connectivity index (χ0v) is 12.4. The maximum atomic E-state index is 12.9. The molecule has 0 atom stereocenters. The molecule has 0 saturated carbocycles. The molecule has 0 spiro atoms. The van der Waals surface area contributed by atoms with Gasteiger partial charge in [-0.25, -0.2) is 4.39 Å². The van der Waals surface area contributed by atoms with Gasteiger partial charge in [0.05, 0.1) is 0 Å². The minimum atomic E-state index is -0.178. The van der Waals surface area contributed by atoms with E-state index >= 15 is 0 Å². The number of nitrogens with two attached hydrogens (primary N) is 1. The lowest BCUT2D eigenvalue weighted by Gasteiger charge is -2.38. The Hall–Kier alpha value is -0.840. The standard InChI is InChI=1S/C14H22FN3.ClH/c1-14(2,16)11-17-7-9-18(10-8-17)13-5-3-12(15)4-6-13;/h3-6H,7-11,16H2,1-2H3;1H. The van der Waals surface area contributed by atoms with Gasteiger partial charge >= 0.3 is 0 Å². The molecule has 19 heavy (non-hydrogen) atoms. The molecule has 1 aromatic carbocycles. The summed E-state index contributed by atoms with van der Waals surface area (Å²) in [6.45, 7) is 9.00. The number of hydrogen-bond donors (Lipinski definition) is 1. The van der Waals surface area contributed by atoms with Crippen molar-refractivity contribution in [3.05, 3.63) is 30.1 Å². The summed E-state index contributed by atoms with van der Waals surface area (Å²) in [4.78, 5) is 4.68. The number of hydrogen-bond acceptors (Lipinski definition) is 3. The van der Waals surface area contributed by atoms with Gasteiger partial charge in [-0.2, -0.15) is 0 Å². The fourth-order valence-electron chi connectivity index (χ4n) is 2.39. The second kappa shape index (κ2) is 6.55. The molecule has 0 amide bonds. The van der Waals surface area contributed by atoms with Crippen molar-refractivity contribution >= 4 is 18.1 Å². The smallest absolute Gasteiger partial charge is 0.123 e. The van der Waals surface area contributed by atoms with E-state index in [4.69, 9.17) is 5.73 Å². The molecule has 0 unspecified atom stereocenters. The zero-order chi connectivity index (χ0) is 13.2. The van der Waals surface area contributed by atoms with Gasteiger partial charge in [0, 0.05) is 44.0 Å². The third kappa shape index (κ3) is 4.97. The van der Waals surface area contributed by atoms with E-state index in [1.165, 1.54) is 12.1 Å². The average molecular weight is 288 g/mol. The molecule has 1 aliphatic rings. The fourth-order valence-corrected chi connectivity index (χ4v) is 2.39. The van der Waals surface area contributed by atoms with E-state index < -0.39 is 0 Å². The molecule has 1 fully saturated rings.